The Labute approximate surface area is 106 Å². The third-order valence-corrected chi connectivity index (χ3v) is 2.65. The van der Waals surface area contributed by atoms with Crippen LogP contribution in [0.5, 0.6) is 0 Å². The second-order valence-corrected chi connectivity index (χ2v) is 3.88. The Morgan fingerprint density at radius 1 is 1.00 bits per heavy atom. The van der Waals surface area contributed by atoms with Crippen molar-refractivity contribution in [1.29, 1.82) is 0 Å². The second-order valence-electron chi connectivity index (χ2n) is 3.88. The summed E-state index contributed by atoms with van der Waals surface area (Å²) in [5.41, 5.74) is 1.77. The van der Waals surface area contributed by atoms with Crippen molar-refractivity contribution in [1.82, 2.24) is 0 Å². The summed E-state index contributed by atoms with van der Waals surface area (Å²) in [7, 11) is 1.39. The maximum atomic E-state index is 11.8. The van der Waals surface area contributed by atoms with Crippen LogP contribution in [0, 0.1) is 0 Å². The van der Waals surface area contributed by atoms with Gasteiger partial charge in [-0.05, 0) is 17.7 Å². The molecule has 0 bridgehead atoms. The van der Waals surface area contributed by atoms with E-state index in [9.17, 15) is 4.79 Å². The van der Waals surface area contributed by atoms with Crippen molar-refractivity contribution in [2.75, 3.05) is 12.4 Å². The molecule has 1 atom stereocenters. The zero-order chi connectivity index (χ0) is 12.8. The Hall–Kier alpha value is -2.29. The minimum Gasteiger partial charge on any atom is -0.467 e. The third kappa shape index (κ3) is 2.88. The highest BCUT2D eigenvalue weighted by Crippen LogP contribution is 2.20. The normalized spacial score (nSPS) is 11.6. The maximum absolute atomic E-state index is 11.8. The molecule has 0 aliphatic heterocycles. The van der Waals surface area contributed by atoms with Crippen molar-refractivity contribution in [3.8, 4) is 0 Å². The van der Waals surface area contributed by atoms with E-state index >= 15 is 0 Å². The highest BCUT2D eigenvalue weighted by atomic mass is 16.5. The van der Waals surface area contributed by atoms with E-state index < -0.39 is 6.04 Å². The molecule has 0 heterocycles. The first-order valence-electron chi connectivity index (χ1n) is 5.75. The number of carbonyl (C=O) groups excluding carboxylic acids is 1. The minimum atomic E-state index is -0.487. The Morgan fingerprint density at radius 2 is 1.56 bits per heavy atom. The number of hydrogen-bond donors (Lipinski definition) is 1. The number of ether oxygens (including phenoxy) is 1. The second kappa shape index (κ2) is 5.87. The van der Waals surface area contributed by atoms with Crippen LogP contribution in [-0.4, -0.2) is 13.1 Å². The average Bonchev–Trinajstić information content (AvgIpc) is 2.46. The van der Waals surface area contributed by atoms with Gasteiger partial charge in [0.25, 0.3) is 0 Å². The average molecular weight is 241 g/mol. The van der Waals surface area contributed by atoms with Crippen molar-refractivity contribution >= 4 is 11.7 Å². The molecule has 2 rings (SSSR count). The van der Waals surface area contributed by atoms with Crippen LogP contribution in [0.15, 0.2) is 60.7 Å². The zero-order valence-corrected chi connectivity index (χ0v) is 10.2. The fraction of sp³-hybridized carbons (Fsp3) is 0.133. The molecule has 3 heteroatoms. The molecular weight excluding hydrogens is 226 g/mol. The predicted octanol–water partition coefficient (Wildman–Crippen LogP) is 3.01. The fourth-order valence-electron chi connectivity index (χ4n) is 1.74. The first-order valence-corrected chi connectivity index (χ1v) is 5.75. The minimum absolute atomic E-state index is 0.301. The van der Waals surface area contributed by atoms with E-state index in [4.69, 9.17) is 4.74 Å². The molecule has 18 heavy (non-hydrogen) atoms. The lowest BCUT2D eigenvalue weighted by Crippen LogP contribution is -2.22. The van der Waals surface area contributed by atoms with Gasteiger partial charge in [0.05, 0.1) is 7.11 Å². The van der Waals surface area contributed by atoms with E-state index in [0.29, 0.717) is 0 Å². The summed E-state index contributed by atoms with van der Waals surface area (Å²) in [6.07, 6.45) is 0. The van der Waals surface area contributed by atoms with Gasteiger partial charge >= 0.3 is 5.97 Å². The molecule has 0 saturated carbocycles. The molecule has 2 aromatic carbocycles. The van der Waals surface area contributed by atoms with Gasteiger partial charge in [-0.25, -0.2) is 4.79 Å². The summed E-state index contributed by atoms with van der Waals surface area (Å²) in [6.45, 7) is 0. The SMILES string of the molecule is COC(=O)[C@H](Nc1ccccc1)c1ccccc1. The van der Waals surface area contributed by atoms with Crippen molar-refractivity contribution < 1.29 is 9.53 Å². The monoisotopic (exact) mass is 241 g/mol. The number of para-hydroxylation sites is 1. The number of benzene rings is 2. The van der Waals surface area contributed by atoms with Crippen LogP contribution in [-0.2, 0) is 9.53 Å². The van der Waals surface area contributed by atoms with E-state index in [2.05, 4.69) is 5.32 Å². The number of hydrogen-bond acceptors (Lipinski definition) is 3. The van der Waals surface area contributed by atoms with Crippen molar-refractivity contribution in [3.05, 3.63) is 66.2 Å². The van der Waals surface area contributed by atoms with E-state index in [1.165, 1.54) is 7.11 Å². The molecule has 0 amide bonds. The van der Waals surface area contributed by atoms with E-state index in [-0.39, 0.29) is 5.97 Å². The molecule has 0 fully saturated rings. The number of carbonyl (C=O) groups is 1. The Morgan fingerprint density at radius 3 is 2.11 bits per heavy atom. The number of nitrogens with one attached hydrogen (secondary N) is 1. The molecule has 3 nitrogen and oxygen atoms in total. The molecule has 0 saturated heterocycles. The highest BCUT2D eigenvalue weighted by Gasteiger charge is 2.20. The molecule has 92 valence electrons. The number of methoxy groups -OCH3 is 1. The first-order chi connectivity index (χ1) is 8.81. The number of esters is 1. The van der Waals surface area contributed by atoms with Gasteiger partial charge in [-0.3, -0.25) is 0 Å². The smallest absolute Gasteiger partial charge is 0.332 e. The maximum Gasteiger partial charge on any atom is 0.332 e. The number of anilines is 1. The van der Waals surface area contributed by atoms with Gasteiger partial charge in [0, 0.05) is 5.69 Å². The van der Waals surface area contributed by atoms with Gasteiger partial charge in [0.15, 0.2) is 6.04 Å². The van der Waals surface area contributed by atoms with Crippen molar-refractivity contribution in [2.24, 2.45) is 0 Å². The van der Waals surface area contributed by atoms with Gasteiger partial charge < -0.3 is 10.1 Å². The van der Waals surface area contributed by atoms with Crippen LogP contribution in [0.3, 0.4) is 0 Å². The van der Waals surface area contributed by atoms with Crippen LogP contribution in [0.1, 0.15) is 11.6 Å². The van der Waals surface area contributed by atoms with Gasteiger partial charge in [-0.2, -0.15) is 0 Å². The molecule has 0 aliphatic rings. The molecule has 1 N–H and O–H groups in total. The zero-order valence-electron chi connectivity index (χ0n) is 10.2. The fourth-order valence-corrected chi connectivity index (χ4v) is 1.74. The molecule has 2 aromatic rings. The van der Waals surface area contributed by atoms with E-state index in [1.54, 1.807) is 0 Å². The largest absolute Gasteiger partial charge is 0.467 e. The van der Waals surface area contributed by atoms with Crippen LogP contribution in [0.25, 0.3) is 0 Å². The van der Waals surface area contributed by atoms with Crippen molar-refractivity contribution in [2.45, 2.75) is 6.04 Å². The molecule has 0 aliphatic carbocycles. The summed E-state index contributed by atoms with van der Waals surface area (Å²) < 4.78 is 4.84. The van der Waals surface area contributed by atoms with E-state index in [1.807, 2.05) is 60.7 Å². The predicted molar refractivity (Wildman–Crippen MR) is 71.3 cm³/mol. The van der Waals surface area contributed by atoms with Gasteiger partial charge in [0.1, 0.15) is 0 Å². The summed E-state index contributed by atoms with van der Waals surface area (Å²) in [4.78, 5) is 11.8. The molecule has 0 unspecified atom stereocenters. The summed E-state index contributed by atoms with van der Waals surface area (Å²) in [5.74, 6) is -0.301. The summed E-state index contributed by atoms with van der Waals surface area (Å²) in [6, 6.07) is 18.6. The Bertz CT molecular complexity index is 496. The van der Waals surface area contributed by atoms with Gasteiger partial charge in [-0.15, -0.1) is 0 Å². The quantitative estimate of drug-likeness (QED) is 0.836. The third-order valence-electron chi connectivity index (χ3n) is 2.65. The molecule has 0 spiro atoms. The highest BCUT2D eigenvalue weighted by molar-refractivity contribution is 5.81. The van der Waals surface area contributed by atoms with Crippen LogP contribution in [0.2, 0.25) is 0 Å². The molecule has 0 aromatic heterocycles. The molecular formula is C15H15NO2. The lowest BCUT2D eigenvalue weighted by molar-refractivity contribution is -0.141. The van der Waals surface area contributed by atoms with Crippen molar-refractivity contribution in [3.63, 3.8) is 0 Å². The lowest BCUT2D eigenvalue weighted by atomic mass is 10.1. The summed E-state index contributed by atoms with van der Waals surface area (Å²) >= 11 is 0. The summed E-state index contributed by atoms with van der Waals surface area (Å²) in [5, 5.41) is 3.17. The molecule has 0 radical (unpaired) electrons. The van der Waals surface area contributed by atoms with Gasteiger partial charge in [-0.1, -0.05) is 48.5 Å². The lowest BCUT2D eigenvalue weighted by Gasteiger charge is -2.17. The Kier molecular flexibility index (Phi) is 3.97. The van der Waals surface area contributed by atoms with Crippen LogP contribution in [0.4, 0.5) is 5.69 Å². The van der Waals surface area contributed by atoms with Crippen LogP contribution < -0.4 is 5.32 Å². The Balaban J connectivity index is 2.24. The topological polar surface area (TPSA) is 38.3 Å². The van der Waals surface area contributed by atoms with Gasteiger partial charge in [0.2, 0.25) is 0 Å². The standard InChI is InChI=1S/C15H15NO2/c1-18-15(17)14(12-8-4-2-5-9-12)16-13-10-6-3-7-11-13/h2-11,14,16H,1H3/t14-/m1/s1. The van der Waals surface area contributed by atoms with Crippen LogP contribution >= 0.6 is 0 Å². The van der Waals surface area contributed by atoms with E-state index in [0.717, 1.165) is 11.3 Å². The number of rotatable bonds is 4. The first kappa shape index (κ1) is 12.2.